The van der Waals surface area contributed by atoms with E-state index in [1.165, 1.54) is 0 Å². The Kier molecular flexibility index (Phi) is 5.67. The van der Waals surface area contributed by atoms with E-state index in [2.05, 4.69) is 21.2 Å². The van der Waals surface area contributed by atoms with Crippen LogP contribution in [-0.4, -0.2) is 41.9 Å². The van der Waals surface area contributed by atoms with Crippen LogP contribution >= 0.6 is 15.9 Å². The van der Waals surface area contributed by atoms with Crippen molar-refractivity contribution < 1.29 is 14.6 Å². The largest absolute Gasteiger partial charge is 0.396 e. The molecule has 1 unspecified atom stereocenters. The van der Waals surface area contributed by atoms with E-state index < -0.39 is 0 Å². The van der Waals surface area contributed by atoms with Crippen LogP contribution in [0.2, 0.25) is 0 Å². The van der Waals surface area contributed by atoms with Crippen LogP contribution < -0.4 is 5.32 Å². The van der Waals surface area contributed by atoms with Gasteiger partial charge in [-0.2, -0.15) is 0 Å². The first-order valence-corrected chi connectivity index (χ1v) is 6.10. The molecular formula is C11H17BrN2O3. The van der Waals surface area contributed by atoms with E-state index >= 15 is 0 Å². The zero-order chi connectivity index (χ0) is 12.8. The highest BCUT2D eigenvalue weighted by atomic mass is 79.9. The lowest BCUT2D eigenvalue weighted by Crippen LogP contribution is -2.39. The van der Waals surface area contributed by atoms with Crippen molar-refractivity contribution in [2.24, 2.45) is 7.05 Å². The Morgan fingerprint density at radius 2 is 2.41 bits per heavy atom. The number of methoxy groups -OCH3 is 1. The standard InChI is InChI=1S/C11H17BrN2O3/c1-14-6-8(12)5-10(14)11(16)13-9(3-4-15)7-17-2/h5-6,9,15H,3-4,7H2,1-2H3,(H,13,16). The molecule has 1 heterocycles. The third-order valence-corrected chi connectivity index (χ3v) is 2.82. The summed E-state index contributed by atoms with van der Waals surface area (Å²) in [4.78, 5) is 11.9. The van der Waals surface area contributed by atoms with Gasteiger partial charge in [0.2, 0.25) is 0 Å². The van der Waals surface area contributed by atoms with E-state index in [-0.39, 0.29) is 18.6 Å². The number of halogens is 1. The molecule has 6 heteroatoms. The lowest BCUT2D eigenvalue weighted by molar-refractivity contribution is 0.0871. The van der Waals surface area contributed by atoms with Gasteiger partial charge in [0, 0.05) is 31.4 Å². The summed E-state index contributed by atoms with van der Waals surface area (Å²) in [6.07, 6.45) is 2.29. The van der Waals surface area contributed by atoms with Crippen molar-refractivity contribution in [3.63, 3.8) is 0 Å². The Hall–Kier alpha value is -0.850. The maximum atomic E-state index is 11.9. The zero-order valence-corrected chi connectivity index (χ0v) is 11.5. The molecule has 5 nitrogen and oxygen atoms in total. The summed E-state index contributed by atoms with van der Waals surface area (Å²) in [6, 6.07) is 1.57. The van der Waals surface area contributed by atoms with Crippen LogP contribution in [0.5, 0.6) is 0 Å². The van der Waals surface area contributed by atoms with Crippen LogP contribution in [0.1, 0.15) is 16.9 Å². The quantitative estimate of drug-likeness (QED) is 0.821. The third kappa shape index (κ3) is 4.14. The van der Waals surface area contributed by atoms with Gasteiger partial charge in [0.15, 0.2) is 0 Å². The molecule has 0 bridgehead atoms. The number of nitrogens with one attached hydrogen (secondary N) is 1. The molecule has 0 aliphatic heterocycles. The normalized spacial score (nSPS) is 12.5. The predicted octanol–water partition coefficient (Wildman–Crippen LogP) is 0.915. The lowest BCUT2D eigenvalue weighted by atomic mass is 10.2. The Morgan fingerprint density at radius 3 is 2.88 bits per heavy atom. The molecule has 17 heavy (non-hydrogen) atoms. The Bertz CT molecular complexity index is 373. The maximum absolute atomic E-state index is 11.9. The van der Waals surface area contributed by atoms with E-state index in [1.54, 1.807) is 24.8 Å². The summed E-state index contributed by atoms with van der Waals surface area (Å²) in [6.45, 7) is 0.406. The van der Waals surface area contributed by atoms with Crippen molar-refractivity contribution in [3.05, 3.63) is 22.4 Å². The highest BCUT2D eigenvalue weighted by Gasteiger charge is 2.16. The molecule has 0 fully saturated rings. The monoisotopic (exact) mass is 304 g/mol. The average Bonchev–Trinajstić information content (AvgIpc) is 2.58. The summed E-state index contributed by atoms with van der Waals surface area (Å²) in [7, 11) is 3.37. The van der Waals surface area contributed by atoms with Crippen molar-refractivity contribution in [2.45, 2.75) is 12.5 Å². The van der Waals surface area contributed by atoms with E-state index in [1.807, 2.05) is 6.20 Å². The van der Waals surface area contributed by atoms with Crippen molar-refractivity contribution in [1.29, 1.82) is 0 Å². The molecule has 1 aromatic heterocycles. The van der Waals surface area contributed by atoms with Crippen molar-refractivity contribution in [3.8, 4) is 0 Å². The molecule has 1 amide bonds. The first kappa shape index (κ1) is 14.2. The minimum absolute atomic E-state index is 0.0190. The Balaban J connectivity index is 2.66. The van der Waals surface area contributed by atoms with Crippen LogP contribution in [0.15, 0.2) is 16.7 Å². The van der Waals surface area contributed by atoms with Crippen LogP contribution in [0, 0.1) is 0 Å². The Labute approximate surface area is 109 Å². The number of nitrogens with zero attached hydrogens (tertiary/aromatic N) is 1. The average molecular weight is 305 g/mol. The third-order valence-electron chi connectivity index (χ3n) is 2.38. The van der Waals surface area contributed by atoms with Gasteiger partial charge < -0.3 is 19.7 Å². The number of ether oxygens (including phenoxy) is 1. The smallest absolute Gasteiger partial charge is 0.268 e. The molecule has 0 aliphatic carbocycles. The number of carbonyl (C=O) groups is 1. The van der Waals surface area contributed by atoms with Gasteiger partial charge in [0.25, 0.3) is 5.91 Å². The number of hydrogen-bond acceptors (Lipinski definition) is 3. The minimum atomic E-state index is -0.175. The number of hydrogen-bond donors (Lipinski definition) is 2. The van der Waals surface area contributed by atoms with Gasteiger partial charge in [0.05, 0.1) is 12.6 Å². The lowest BCUT2D eigenvalue weighted by Gasteiger charge is -2.16. The fourth-order valence-corrected chi connectivity index (χ4v) is 2.09. The van der Waals surface area contributed by atoms with Crippen molar-refractivity contribution >= 4 is 21.8 Å². The second-order valence-corrected chi connectivity index (χ2v) is 4.71. The number of carbonyl (C=O) groups excluding carboxylic acids is 1. The summed E-state index contributed by atoms with van der Waals surface area (Å²) in [5, 5.41) is 11.7. The second kappa shape index (κ2) is 6.78. The predicted molar refractivity (Wildman–Crippen MR) is 67.9 cm³/mol. The van der Waals surface area contributed by atoms with Gasteiger partial charge in [-0.05, 0) is 28.4 Å². The maximum Gasteiger partial charge on any atom is 0.268 e. The van der Waals surface area contributed by atoms with E-state index in [4.69, 9.17) is 9.84 Å². The minimum Gasteiger partial charge on any atom is -0.396 e. The number of aromatic nitrogens is 1. The van der Waals surface area contributed by atoms with Gasteiger partial charge in [-0.25, -0.2) is 0 Å². The van der Waals surface area contributed by atoms with Crippen LogP contribution in [0.3, 0.4) is 0 Å². The fraction of sp³-hybridized carbons (Fsp3) is 0.545. The van der Waals surface area contributed by atoms with Gasteiger partial charge in [-0.15, -0.1) is 0 Å². The van der Waals surface area contributed by atoms with Crippen molar-refractivity contribution in [2.75, 3.05) is 20.3 Å². The molecule has 1 rings (SSSR count). The van der Waals surface area contributed by atoms with Gasteiger partial charge >= 0.3 is 0 Å². The van der Waals surface area contributed by atoms with Crippen LogP contribution in [0.4, 0.5) is 0 Å². The molecule has 1 atom stereocenters. The first-order chi connectivity index (χ1) is 8.08. The number of aryl methyl sites for hydroxylation is 1. The van der Waals surface area contributed by atoms with E-state index in [0.717, 1.165) is 4.47 Å². The molecule has 0 saturated carbocycles. The summed E-state index contributed by atoms with van der Waals surface area (Å²) in [5.74, 6) is -0.172. The van der Waals surface area contributed by atoms with E-state index in [0.29, 0.717) is 18.7 Å². The molecule has 0 radical (unpaired) electrons. The molecule has 0 aromatic carbocycles. The molecule has 2 N–H and O–H groups in total. The van der Waals surface area contributed by atoms with Crippen molar-refractivity contribution in [1.82, 2.24) is 9.88 Å². The number of aliphatic hydroxyl groups is 1. The van der Waals surface area contributed by atoms with E-state index in [9.17, 15) is 4.79 Å². The van der Waals surface area contributed by atoms with Gasteiger partial charge in [-0.3, -0.25) is 4.79 Å². The van der Waals surface area contributed by atoms with Gasteiger partial charge in [0.1, 0.15) is 5.69 Å². The highest BCUT2D eigenvalue weighted by molar-refractivity contribution is 9.10. The summed E-state index contributed by atoms with van der Waals surface area (Å²) >= 11 is 3.31. The molecule has 96 valence electrons. The van der Waals surface area contributed by atoms with Crippen LogP contribution in [0.25, 0.3) is 0 Å². The molecule has 1 aromatic rings. The SMILES string of the molecule is COCC(CCO)NC(=O)c1cc(Br)cn1C. The fourth-order valence-electron chi connectivity index (χ4n) is 1.56. The molecule has 0 saturated heterocycles. The van der Waals surface area contributed by atoms with Gasteiger partial charge in [-0.1, -0.05) is 0 Å². The topological polar surface area (TPSA) is 63.5 Å². The number of amides is 1. The molecule has 0 aliphatic rings. The van der Waals surface area contributed by atoms with Crippen LogP contribution in [-0.2, 0) is 11.8 Å². The Morgan fingerprint density at radius 1 is 1.71 bits per heavy atom. The zero-order valence-electron chi connectivity index (χ0n) is 9.94. The number of aliphatic hydroxyl groups excluding tert-OH is 1. The molecular weight excluding hydrogens is 288 g/mol. The molecule has 0 spiro atoms. The number of rotatable bonds is 6. The summed E-state index contributed by atoms with van der Waals surface area (Å²) in [5.41, 5.74) is 0.566. The summed E-state index contributed by atoms with van der Waals surface area (Å²) < 4.78 is 7.58. The second-order valence-electron chi connectivity index (χ2n) is 3.79. The highest BCUT2D eigenvalue weighted by Crippen LogP contribution is 2.13. The first-order valence-electron chi connectivity index (χ1n) is 5.31.